The molecule has 0 spiro atoms. The van der Waals surface area contributed by atoms with Crippen molar-refractivity contribution in [3.05, 3.63) is 35.9 Å². The van der Waals surface area contributed by atoms with Gasteiger partial charge in [-0.2, -0.15) is 0 Å². The minimum absolute atomic E-state index is 0.333. The van der Waals surface area contributed by atoms with Gasteiger partial charge in [-0.15, -0.1) is 0 Å². The minimum Gasteiger partial charge on any atom is -0.462 e. The van der Waals surface area contributed by atoms with Gasteiger partial charge in [0.1, 0.15) is 15.6 Å². The Bertz CT molecular complexity index is 661. The molecular weight excluding hydrogens is 296 g/mol. The second-order valence-electron chi connectivity index (χ2n) is 5.30. The quantitative estimate of drug-likeness (QED) is 0.872. The molecule has 22 heavy (non-hydrogen) atoms. The Balaban J connectivity index is 2.15. The van der Waals surface area contributed by atoms with Gasteiger partial charge in [0.05, 0.1) is 6.61 Å². The summed E-state index contributed by atoms with van der Waals surface area (Å²) < 4.78 is 5.22. The van der Waals surface area contributed by atoms with Crippen molar-refractivity contribution in [1.82, 2.24) is 0 Å². The molecule has 1 aromatic carbocycles. The van der Waals surface area contributed by atoms with Crippen LogP contribution in [0.3, 0.4) is 0 Å². The lowest BCUT2D eigenvalue weighted by Crippen LogP contribution is -2.17. The number of anilines is 2. The minimum atomic E-state index is -0.333. The molecule has 2 aromatic rings. The third-order valence-corrected chi connectivity index (χ3v) is 4.93. The van der Waals surface area contributed by atoms with Crippen LogP contribution in [0, 0.1) is 0 Å². The maximum Gasteiger partial charge on any atom is 0.341 e. The molecule has 0 amide bonds. The van der Waals surface area contributed by atoms with Crippen LogP contribution in [0.2, 0.25) is 0 Å². The number of esters is 1. The van der Waals surface area contributed by atoms with E-state index in [1.807, 2.05) is 37.3 Å². The van der Waals surface area contributed by atoms with Gasteiger partial charge in [-0.05, 0) is 25.3 Å². The van der Waals surface area contributed by atoms with Gasteiger partial charge in [-0.1, -0.05) is 41.7 Å². The molecule has 0 saturated carbocycles. The van der Waals surface area contributed by atoms with Crippen LogP contribution in [0.25, 0.3) is 11.1 Å². The number of benzene rings is 1. The van der Waals surface area contributed by atoms with Crippen LogP contribution in [-0.4, -0.2) is 25.7 Å². The molecule has 0 radical (unpaired) electrons. The number of hydrogen-bond donors (Lipinski definition) is 1. The second kappa shape index (κ2) is 6.40. The highest BCUT2D eigenvalue weighted by Crippen LogP contribution is 2.45. The maximum absolute atomic E-state index is 12.4. The first kappa shape index (κ1) is 14.9. The molecule has 1 aromatic heterocycles. The van der Waals surface area contributed by atoms with Gasteiger partial charge in [0.25, 0.3) is 0 Å². The predicted molar refractivity (Wildman–Crippen MR) is 91.6 cm³/mol. The largest absolute Gasteiger partial charge is 0.462 e. The molecule has 0 unspecified atom stereocenters. The summed E-state index contributed by atoms with van der Waals surface area (Å²) in [7, 11) is 0. The van der Waals surface area contributed by atoms with Gasteiger partial charge in [0.15, 0.2) is 0 Å². The first-order valence-corrected chi connectivity index (χ1v) is 8.43. The average Bonchev–Trinajstić information content (AvgIpc) is 3.15. The molecule has 1 saturated heterocycles. The lowest BCUT2D eigenvalue weighted by atomic mass is 10.0. The molecule has 116 valence electrons. The third-order valence-electron chi connectivity index (χ3n) is 3.85. The van der Waals surface area contributed by atoms with E-state index < -0.39 is 0 Å². The lowest BCUT2D eigenvalue weighted by molar-refractivity contribution is 0.0529. The molecule has 1 fully saturated rings. The number of rotatable bonds is 4. The summed E-state index contributed by atoms with van der Waals surface area (Å²) in [4.78, 5) is 14.7. The zero-order chi connectivity index (χ0) is 15.5. The number of nitrogens with two attached hydrogens (primary N) is 1. The summed E-state index contributed by atoms with van der Waals surface area (Å²) in [5.74, 6) is -0.333. The van der Waals surface area contributed by atoms with Crippen molar-refractivity contribution in [3.8, 4) is 11.1 Å². The molecular formula is C17H20N2O2S. The van der Waals surface area contributed by atoms with E-state index in [4.69, 9.17) is 10.5 Å². The van der Waals surface area contributed by atoms with Gasteiger partial charge >= 0.3 is 5.97 Å². The van der Waals surface area contributed by atoms with Gasteiger partial charge < -0.3 is 15.4 Å². The fraction of sp³-hybridized carbons (Fsp3) is 0.353. The molecule has 0 aliphatic carbocycles. The number of carbonyl (C=O) groups excluding carboxylic acids is 1. The van der Waals surface area contributed by atoms with Gasteiger partial charge in [-0.3, -0.25) is 0 Å². The monoisotopic (exact) mass is 316 g/mol. The van der Waals surface area contributed by atoms with Crippen LogP contribution in [-0.2, 0) is 4.74 Å². The Hall–Kier alpha value is -2.01. The molecule has 4 nitrogen and oxygen atoms in total. The van der Waals surface area contributed by atoms with Crippen molar-refractivity contribution in [3.63, 3.8) is 0 Å². The number of thiophene rings is 1. The van der Waals surface area contributed by atoms with E-state index in [1.54, 1.807) is 0 Å². The zero-order valence-electron chi connectivity index (χ0n) is 12.7. The highest BCUT2D eigenvalue weighted by atomic mass is 32.1. The molecule has 2 heterocycles. The SMILES string of the molecule is CCOC(=O)c1c(N)sc(N2CCCC2)c1-c1ccccc1. The molecule has 1 aliphatic rings. The van der Waals surface area contributed by atoms with Crippen LogP contribution in [0.4, 0.5) is 10.0 Å². The third kappa shape index (κ3) is 2.68. The van der Waals surface area contributed by atoms with E-state index in [1.165, 1.54) is 24.2 Å². The molecule has 5 heteroatoms. The molecule has 0 atom stereocenters. The number of ether oxygens (including phenoxy) is 1. The average molecular weight is 316 g/mol. The smallest absolute Gasteiger partial charge is 0.341 e. The van der Waals surface area contributed by atoms with Crippen molar-refractivity contribution in [2.45, 2.75) is 19.8 Å². The zero-order valence-corrected chi connectivity index (χ0v) is 13.5. The van der Waals surface area contributed by atoms with Crippen molar-refractivity contribution >= 4 is 27.3 Å². The number of hydrogen-bond acceptors (Lipinski definition) is 5. The number of nitrogens with zero attached hydrogens (tertiary/aromatic N) is 1. The Morgan fingerprint density at radius 2 is 1.95 bits per heavy atom. The maximum atomic E-state index is 12.4. The van der Waals surface area contributed by atoms with Crippen molar-refractivity contribution in [2.24, 2.45) is 0 Å². The molecule has 3 rings (SSSR count). The number of carbonyl (C=O) groups is 1. The summed E-state index contributed by atoms with van der Waals surface area (Å²) in [6.45, 7) is 4.19. The van der Waals surface area contributed by atoms with Crippen molar-refractivity contribution in [1.29, 1.82) is 0 Å². The molecule has 2 N–H and O–H groups in total. The molecule has 1 aliphatic heterocycles. The Morgan fingerprint density at radius 3 is 2.59 bits per heavy atom. The van der Waals surface area contributed by atoms with Crippen LogP contribution >= 0.6 is 11.3 Å². The predicted octanol–water partition coefficient (Wildman–Crippen LogP) is 3.77. The van der Waals surface area contributed by atoms with E-state index in [0.717, 1.165) is 29.2 Å². The Labute approximate surface area is 134 Å². The standard InChI is InChI=1S/C17H20N2O2S/c1-2-21-17(20)14-13(12-8-4-3-5-9-12)16(22-15(14)18)19-10-6-7-11-19/h3-5,8-9H,2,6-7,10-11,18H2,1H3. The highest BCUT2D eigenvalue weighted by molar-refractivity contribution is 7.21. The summed E-state index contributed by atoms with van der Waals surface area (Å²) in [6, 6.07) is 9.96. The Morgan fingerprint density at radius 1 is 1.27 bits per heavy atom. The van der Waals surface area contributed by atoms with E-state index in [9.17, 15) is 4.79 Å². The fourth-order valence-corrected chi connectivity index (χ4v) is 3.99. The fourth-order valence-electron chi connectivity index (χ4n) is 2.86. The Kier molecular flexibility index (Phi) is 4.34. The van der Waals surface area contributed by atoms with Gasteiger partial charge in [-0.25, -0.2) is 4.79 Å². The van der Waals surface area contributed by atoms with Crippen molar-refractivity contribution < 1.29 is 9.53 Å². The molecule has 0 bridgehead atoms. The first-order chi connectivity index (χ1) is 10.7. The topological polar surface area (TPSA) is 55.6 Å². The summed E-state index contributed by atoms with van der Waals surface area (Å²) in [6.07, 6.45) is 2.36. The van der Waals surface area contributed by atoms with Crippen molar-refractivity contribution in [2.75, 3.05) is 30.3 Å². The first-order valence-electron chi connectivity index (χ1n) is 7.62. The number of nitrogen functional groups attached to an aromatic ring is 1. The highest BCUT2D eigenvalue weighted by Gasteiger charge is 2.28. The van der Waals surface area contributed by atoms with E-state index in [-0.39, 0.29) is 5.97 Å². The summed E-state index contributed by atoms with van der Waals surface area (Å²) in [5, 5.41) is 1.63. The van der Waals surface area contributed by atoms with E-state index in [0.29, 0.717) is 17.2 Å². The van der Waals surface area contributed by atoms with Crippen LogP contribution in [0.15, 0.2) is 30.3 Å². The van der Waals surface area contributed by atoms with Gasteiger partial charge in [0.2, 0.25) is 0 Å². The van der Waals surface area contributed by atoms with E-state index in [2.05, 4.69) is 4.90 Å². The van der Waals surface area contributed by atoms with Crippen LogP contribution in [0.1, 0.15) is 30.1 Å². The van der Waals surface area contributed by atoms with Crippen LogP contribution < -0.4 is 10.6 Å². The lowest BCUT2D eigenvalue weighted by Gasteiger charge is -2.18. The van der Waals surface area contributed by atoms with Gasteiger partial charge in [0, 0.05) is 18.7 Å². The normalized spacial score (nSPS) is 14.3. The summed E-state index contributed by atoms with van der Waals surface area (Å²) in [5.41, 5.74) is 8.62. The summed E-state index contributed by atoms with van der Waals surface area (Å²) >= 11 is 1.49. The van der Waals surface area contributed by atoms with Crippen LogP contribution in [0.5, 0.6) is 0 Å². The second-order valence-corrected chi connectivity index (χ2v) is 6.33. The van der Waals surface area contributed by atoms with E-state index >= 15 is 0 Å².